The molecule has 1 aromatic carbocycles. The number of esters is 1. The van der Waals surface area contributed by atoms with Crippen molar-refractivity contribution >= 4 is 68.5 Å². The highest BCUT2D eigenvalue weighted by Crippen LogP contribution is 2.37. The number of halogens is 2. The number of ether oxygens (including phenoxy) is 2. The Labute approximate surface area is 171 Å². The van der Waals surface area contributed by atoms with Gasteiger partial charge in [-0.3, -0.25) is 19.3 Å². The lowest BCUT2D eigenvalue weighted by molar-refractivity contribution is -0.307. The van der Waals surface area contributed by atoms with Crippen molar-refractivity contribution in [2.24, 2.45) is 0 Å². The third-order valence-corrected chi connectivity index (χ3v) is 4.90. The van der Waals surface area contributed by atoms with E-state index in [4.69, 9.17) is 21.1 Å². The Morgan fingerprint density at radius 1 is 1.37 bits per heavy atom. The number of hydrogen-bond acceptors (Lipinski definition) is 8. The zero-order chi connectivity index (χ0) is 20.1. The van der Waals surface area contributed by atoms with Gasteiger partial charge in [-0.05, 0) is 58.4 Å². The zero-order valence-corrected chi connectivity index (χ0v) is 17.0. The van der Waals surface area contributed by atoms with E-state index >= 15 is 0 Å². The number of benzene rings is 1. The zero-order valence-electron chi connectivity index (χ0n) is 13.8. The number of amides is 2. The second-order valence-corrected chi connectivity index (χ2v) is 7.30. The average Bonchev–Trinajstić information content (AvgIpc) is 2.81. The number of carbonyl (C=O) groups excluding carboxylic acids is 4. The van der Waals surface area contributed by atoms with Gasteiger partial charge in [-0.2, -0.15) is 0 Å². The third kappa shape index (κ3) is 5.47. The molecule has 8 nitrogen and oxygen atoms in total. The maximum absolute atomic E-state index is 12.3. The molecule has 2 amide bonds. The second-order valence-electron chi connectivity index (χ2n) is 5.05. The van der Waals surface area contributed by atoms with Gasteiger partial charge in [0.2, 0.25) is 0 Å². The molecular formula is C16H12BrClNO7S-. The summed E-state index contributed by atoms with van der Waals surface area (Å²) in [6, 6.07) is 2.98. The van der Waals surface area contributed by atoms with E-state index in [2.05, 4.69) is 15.9 Å². The number of imide groups is 1. The van der Waals surface area contributed by atoms with Crippen molar-refractivity contribution in [1.29, 1.82) is 0 Å². The summed E-state index contributed by atoms with van der Waals surface area (Å²) in [5, 5.41) is 10.0. The highest BCUT2D eigenvalue weighted by Gasteiger charge is 2.36. The Bertz CT molecular complexity index is 819. The van der Waals surface area contributed by atoms with Gasteiger partial charge in [-0.1, -0.05) is 11.6 Å². The normalized spacial score (nSPS) is 15.4. The summed E-state index contributed by atoms with van der Waals surface area (Å²) in [5.74, 6) is -2.60. The van der Waals surface area contributed by atoms with Gasteiger partial charge in [-0.25, -0.2) is 0 Å². The Hall–Kier alpha value is -2.04. The van der Waals surface area contributed by atoms with Gasteiger partial charge >= 0.3 is 5.97 Å². The number of rotatable bonds is 7. The first-order chi connectivity index (χ1) is 12.7. The topological polar surface area (TPSA) is 113 Å². The van der Waals surface area contributed by atoms with Crippen molar-refractivity contribution in [3.63, 3.8) is 0 Å². The average molecular weight is 478 g/mol. The summed E-state index contributed by atoms with van der Waals surface area (Å²) in [7, 11) is 0. The summed E-state index contributed by atoms with van der Waals surface area (Å²) in [4.78, 5) is 47.2. The van der Waals surface area contributed by atoms with Crippen LogP contribution in [0.5, 0.6) is 5.75 Å². The molecule has 0 unspecified atom stereocenters. The molecule has 1 saturated heterocycles. The van der Waals surface area contributed by atoms with E-state index in [0.717, 1.165) is 4.90 Å². The van der Waals surface area contributed by atoms with E-state index in [1.54, 1.807) is 6.92 Å². The van der Waals surface area contributed by atoms with Crippen LogP contribution in [0.15, 0.2) is 21.5 Å². The predicted octanol–water partition coefficient (Wildman–Crippen LogP) is 1.83. The standard InChI is InChI=1S/C16H13BrClNO7S/c1-2-25-13(22)6-19-15(23)11(27-16(19)24)5-8-3-9(17)14(10(18)4-8)26-7-12(20)21/h3-5H,2,6-7H2,1H3,(H,20,21)/p-1/b11-5-. The largest absolute Gasteiger partial charge is 0.546 e. The Kier molecular flexibility index (Phi) is 7.28. The van der Waals surface area contributed by atoms with E-state index in [9.17, 15) is 24.3 Å². The van der Waals surface area contributed by atoms with Crippen molar-refractivity contribution in [2.45, 2.75) is 6.92 Å². The minimum atomic E-state index is -1.41. The van der Waals surface area contributed by atoms with Crippen molar-refractivity contribution in [3.8, 4) is 5.75 Å². The first-order valence-corrected chi connectivity index (χ1v) is 9.44. The van der Waals surface area contributed by atoms with Crippen molar-refractivity contribution in [3.05, 3.63) is 32.1 Å². The molecule has 0 saturated carbocycles. The molecule has 0 N–H and O–H groups in total. The Balaban J connectivity index is 2.21. The molecule has 0 bridgehead atoms. The monoisotopic (exact) mass is 476 g/mol. The summed E-state index contributed by atoms with van der Waals surface area (Å²) in [5.41, 5.74) is 0.467. The summed E-state index contributed by atoms with van der Waals surface area (Å²) in [6.45, 7) is 0.623. The molecule has 0 spiro atoms. The summed E-state index contributed by atoms with van der Waals surface area (Å²) < 4.78 is 10.1. The van der Waals surface area contributed by atoms with Gasteiger partial charge in [0, 0.05) is 0 Å². The fraction of sp³-hybridized carbons (Fsp3) is 0.250. The van der Waals surface area contributed by atoms with Crippen LogP contribution >= 0.6 is 39.3 Å². The number of carboxylic acids is 1. The van der Waals surface area contributed by atoms with Crippen molar-refractivity contribution < 1.29 is 33.8 Å². The lowest BCUT2D eigenvalue weighted by atomic mass is 10.2. The van der Waals surface area contributed by atoms with Crippen LogP contribution in [0.2, 0.25) is 5.02 Å². The first kappa shape index (κ1) is 21.3. The highest BCUT2D eigenvalue weighted by molar-refractivity contribution is 9.10. The first-order valence-electron chi connectivity index (χ1n) is 7.45. The molecule has 1 aliphatic heterocycles. The molecule has 1 aromatic rings. The van der Waals surface area contributed by atoms with E-state index in [0.29, 0.717) is 21.8 Å². The van der Waals surface area contributed by atoms with Crippen molar-refractivity contribution in [1.82, 2.24) is 4.90 Å². The number of nitrogens with zero attached hydrogens (tertiary/aromatic N) is 1. The van der Waals surface area contributed by atoms with Crippen LogP contribution < -0.4 is 9.84 Å². The van der Waals surface area contributed by atoms with Gasteiger partial charge in [-0.15, -0.1) is 0 Å². The van der Waals surface area contributed by atoms with Gasteiger partial charge < -0.3 is 19.4 Å². The lowest BCUT2D eigenvalue weighted by Gasteiger charge is -2.12. The molecule has 0 aliphatic carbocycles. The van der Waals surface area contributed by atoms with Crippen molar-refractivity contribution in [2.75, 3.05) is 19.8 Å². The van der Waals surface area contributed by atoms with E-state index in [1.165, 1.54) is 18.2 Å². The molecule has 2 rings (SSSR count). The SMILES string of the molecule is CCOC(=O)CN1C(=O)S/C(=C\c2cc(Cl)c(OCC(=O)[O-])c(Br)c2)C1=O. The molecule has 1 heterocycles. The number of carbonyl (C=O) groups is 4. The minimum Gasteiger partial charge on any atom is -0.546 e. The van der Waals surface area contributed by atoms with Crippen LogP contribution in [0.3, 0.4) is 0 Å². The fourth-order valence-electron chi connectivity index (χ4n) is 2.06. The lowest BCUT2D eigenvalue weighted by Crippen LogP contribution is -2.34. The van der Waals surface area contributed by atoms with Crippen LogP contribution in [0.25, 0.3) is 6.08 Å². The number of hydrogen-bond donors (Lipinski definition) is 0. The Morgan fingerprint density at radius 2 is 2.07 bits per heavy atom. The van der Waals surface area contributed by atoms with E-state index in [1.807, 2.05) is 0 Å². The fourth-order valence-corrected chi connectivity index (χ4v) is 3.88. The van der Waals surface area contributed by atoms with Crippen LogP contribution in [-0.2, 0) is 19.1 Å². The van der Waals surface area contributed by atoms with Gasteiger partial charge in [0.05, 0.1) is 27.0 Å². The van der Waals surface area contributed by atoms with Crippen LogP contribution in [0, 0.1) is 0 Å². The molecule has 144 valence electrons. The Morgan fingerprint density at radius 3 is 2.67 bits per heavy atom. The molecule has 0 atom stereocenters. The molecule has 11 heteroatoms. The van der Waals surface area contributed by atoms with Gasteiger partial charge in [0.15, 0.2) is 5.75 Å². The minimum absolute atomic E-state index is 0.0997. The summed E-state index contributed by atoms with van der Waals surface area (Å²) >= 11 is 9.96. The van der Waals surface area contributed by atoms with Gasteiger partial charge in [0.1, 0.15) is 13.2 Å². The van der Waals surface area contributed by atoms with Crippen LogP contribution in [0.1, 0.15) is 12.5 Å². The number of thioether (sulfide) groups is 1. The third-order valence-electron chi connectivity index (χ3n) is 3.12. The second kappa shape index (κ2) is 9.25. The molecule has 0 aromatic heterocycles. The van der Waals surface area contributed by atoms with E-state index < -0.39 is 36.2 Å². The summed E-state index contributed by atoms with van der Waals surface area (Å²) in [6.07, 6.45) is 1.43. The highest BCUT2D eigenvalue weighted by atomic mass is 79.9. The maximum atomic E-state index is 12.3. The smallest absolute Gasteiger partial charge is 0.326 e. The predicted molar refractivity (Wildman–Crippen MR) is 99.0 cm³/mol. The van der Waals surface area contributed by atoms with Crippen LogP contribution in [0.4, 0.5) is 4.79 Å². The quantitative estimate of drug-likeness (QED) is 0.432. The maximum Gasteiger partial charge on any atom is 0.326 e. The molecule has 27 heavy (non-hydrogen) atoms. The number of carboxylic acid groups (broad SMARTS) is 1. The van der Waals surface area contributed by atoms with Crippen LogP contribution in [-0.4, -0.2) is 47.7 Å². The molecule has 1 fully saturated rings. The van der Waals surface area contributed by atoms with E-state index in [-0.39, 0.29) is 22.3 Å². The molecular weight excluding hydrogens is 466 g/mol. The number of aliphatic carboxylic acids is 1. The molecule has 0 radical (unpaired) electrons. The van der Waals surface area contributed by atoms with Gasteiger partial charge in [0.25, 0.3) is 11.1 Å². The molecule has 1 aliphatic rings.